The van der Waals surface area contributed by atoms with E-state index in [1.165, 1.54) is 6.07 Å². The minimum absolute atomic E-state index is 0.0370. The topological polar surface area (TPSA) is 47.4 Å². The molecule has 1 aliphatic rings. The van der Waals surface area contributed by atoms with Gasteiger partial charge < -0.3 is 14.2 Å². The van der Waals surface area contributed by atoms with Crippen LogP contribution >= 0.6 is 11.5 Å². The van der Waals surface area contributed by atoms with Crippen molar-refractivity contribution in [1.82, 2.24) is 13.8 Å². The number of aromatic nitrogens is 2. The standard InChI is InChI=1S/C15H18F3N3O2S/c1-2-6-23-7-3-12(22)20-4-5-21-10(9-20)8-11-13(15(16,17)18)24-19-14(11)21/h8H,2-7,9H2,1H3. The first-order valence-electron chi connectivity index (χ1n) is 7.82. The minimum Gasteiger partial charge on any atom is -0.381 e. The Hall–Kier alpha value is -1.61. The number of carbonyl (C=O) groups excluding carboxylic acids is 1. The molecule has 0 N–H and O–H groups in total. The molecule has 0 radical (unpaired) electrons. The fourth-order valence-electron chi connectivity index (χ4n) is 2.85. The van der Waals surface area contributed by atoms with Crippen molar-refractivity contribution in [3.63, 3.8) is 0 Å². The van der Waals surface area contributed by atoms with Crippen LogP contribution in [0.4, 0.5) is 13.2 Å². The maximum Gasteiger partial charge on any atom is 0.427 e. The van der Waals surface area contributed by atoms with Crippen LogP contribution in [0.2, 0.25) is 0 Å². The summed E-state index contributed by atoms with van der Waals surface area (Å²) in [4.78, 5) is 13.2. The van der Waals surface area contributed by atoms with Gasteiger partial charge in [-0.1, -0.05) is 6.92 Å². The Morgan fingerprint density at radius 3 is 2.88 bits per heavy atom. The molecule has 0 aromatic carbocycles. The monoisotopic (exact) mass is 361 g/mol. The Morgan fingerprint density at radius 1 is 1.38 bits per heavy atom. The molecular weight excluding hydrogens is 343 g/mol. The van der Waals surface area contributed by atoms with E-state index in [4.69, 9.17) is 4.74 Å². The molecule has 1 amide bonds. The normalized spacial score (nSPS) is 15.1. The zero-order valence-corrected chi connectivity index (χ0v) is 14.0. The number of amides is 1. The Balaban J connectivity index is 1.73. The third-order valence-electron chi connectivity index (χ3n) is 3.99. The molecule has 0 fully saturated rings. The van der Waals surface area contributed by atoms with E-state index in [2.05, 4.69) is 4.37 Å². The van der Waals surface area contributed by atoms with Gasteiger partial charge in [0.25, 0.3) is 0 Å². The molecule has 132 valence electrons. The molecule has 3 heterocycles. The molecule has 0 atom stereocenters. The van der Waals surface area contributed by atoms with Gasteiger partial charge in [-0.15, -0.1) is 0 Å². The lowest BCUT2D eigenvalue weighted by Gasteiger charge is -2.28. The second-order valence-electron chi connectivity index (χ2n) is 5.71. The van der Waals surface area contributed by atoms with E-state index >= 15 is 0 Å². The summed E-state index contributed by atoms with van der Waals surface area (Å²) < 4.78 is 50.1. The zero-order valence-electron chi connectivity index (χ0n) is 13.2. The van der Waals surface area contributed by atoms with E-state index in [9.17, 15) is 18.0 Å². The first-order valence-corrected chi connectivity index (χ1v) is 8.59. The maximum atomic E-state index is 13.0. The molecule has 0 saturated carbocycles. The van der Waals surface area contributed by atoms with Gasteiger partial charge in [-0.25, -0.2) is 0 Å². The molecule has 0 aliphatic carbocycles. The fourth-order valence-corrected chi connectivity index (χ4v) is 3.58. The number of ether oxygens (including phenoxy) is 1. The molecule has 24 heavy (non-hydrogen) atoms. The summed E-state index contributed by atoms with van der Waals surface area (Å²) >= 11 is 0.479. The quantitative estimate of drug-likeness (QED) is 0.768. The van der Waals surface area contributed by atoms with E-state index < -0.39 is 11.1 Å². The van der Waals surface area contributed by atoms with Crippen LogP contribution in [0.3, 0.4) is 0 Å². The first kappa shape index (κ1) is 17.2. The molecule has 0 bridgehead atoms. The van der Waals surface area contributed by atoms with Crippen molar-refractivity contribution in [1.29, 1.82) is 0 Å². The number of hydrogen-bond donors (Lipinski definition) is 0. The highest BCUT2D eigenvalue weighted by molar-refractivity contribution is 7.07. The van der Waals surface area contributed by atoms with Crippen LogP contribution < -0.4 is 0 Å². The van der Waals surface area contributed by atoms with Crippen LogP contribution in [0, 0.1) is 0 Å². The van der Waals surface area contributed by atoms with Crippen LogP contribution in [0.5, 0.6) is 0 Å². The van der Waals surface area contributed by atoms with E-state index in [-0.39, 0.29) is 11.3 Å². The lowest BCUT2D eigenvalue weighted by molar-refractivity contribution is -0.134. The zero-order chi connectivity index (χ0) is 17.3. The average molecular weight is 361 g/mol. The van der Waals surface area contributed by atoms with Gasteiger partial charge in [-0.3, -0.25) is 4.79 Å². The van der Waals surface area contributed by atoms with Gasteiger partial charge >= 0.3 is 6.18 Å². The largest absolute Gasteiger partial charge is 0.427 e. The van der Waals surface area contributed by atoms with Gasteiger partial charge in [0.2, 0.25) is 5.91 Å². The van der Waals surface area contributed by atoms with Crippen molar-refractivity contribution in [3.05, 3.63) is 16.6 Å². The van der Waals surface area contributed by atoms with Crippen molar-refractivity contribution in [2.24, 2.45) is 0 Å². The highest BCUT2D eigenvalue weighted by Gasteiger charge is 2.37. The summed E-state index contributed by atoms with van der Waals surface area (Å²) in [6, 6.07) is 1.51. The highest BCUT2D eigenvalue weighted by atomic mass is 32.1. The smallest absolute Gasteiger partial charge is 0.381 e. The number of halogens is 3. The van der Waals surface area contributed by atoms with E-state index in [1.54, 1.807) is 9.47 Å². The second-order valence-corrected chi connectivity index (χ2v) is 6.49. The molecule has 0 saturated heterocycles. The summed E-state index contributed by atoms with van der Waals surface area (Å²) in [5, 5.41) is 0.128. The Labute approximate surface area is 141 Å². The number of carbonyl (C=O) groups is 1. The van der Waals surface area contributed by atoms with Crippen LogP contribution in [-0.2, 0) is 28.8 Å². The molecular formula is C15H18F3N3O2S. The Morgan fingerprint density at radius 2 is 2.17 bits per heavy atom. The van der Waals surface area contributed by atoms with Gasteiger partial charge in [0, 0.05) is 30.8 Å². The van der Waals surface area contributed by atoms with E-state index in [0.717, 1.165) is 6.42 Å². The summed E-state index contributed by atoms with van der Waals surface area (Å²) in [6.45, 7) is 4.24. The van der Waals surface area contributed by atoms with Gasteiger partial charge in [0.1, 0.15) is 4.88 Å². The minimum atomic E-state index is -4.40. The molecule has 9 heteroatoms. The molecule has 2 aromatic heterocycles. The summed E-state index contributed by atoms with van der Waals surface area (Å²) in [5.74, 6) is -0.0370. The first-order chi connectivity index (χ1) is 11.4. The molecule has 5 nitrogen and oxygen atoms in total. The third kappa shape index (κ3) is 3.27. The number of fused-ring (bicyclic) bond motifs is 3. The SMILES string of the molecule is CCCOCCC(=O)N1CCn2c(cc3c(C(F)(F)F)snc32)C1. The average Bonchev–Trinajstić information content (AvgIpc) is 3.08. The number of hydrogen-bond acceptors (Lipinski definition) is 4. The number of nitrogens with zero attached hydrogens (tertiary/aromatic N) is 3. The van der Waals surface area contributed by atoms with Crippen molar-refractivity contribution in [2.45, 2.75) is 39.0 Å². The second kappa shape index (κ2) is 6.72. The van der Waals surface area contributed by atoms with Gasteiger partial charge in [-0.2, -0.15) is 17.5 Å². The molecule has 3 rings (SSSR count). The Bertz CT molecular complexity index is 738. The number of alkyl halides is 3. The third-order valence-corrected chi connectivity index (χ3v) is 4.89. The lowest BCUT2D eigenvalue weighted by Crippen LogP contribution is -2.38. The van der Waals surface area contributed by atoms with Gasteiger partial charge in [0.15, 0.2) is 5.65 Å². The van der Waals surface area contributed by atoms with Crippen molar-refractivity contribution in [2.75, 3.05) is 19.8 Å². The van der Waals surface area contributed by atoms with Crippen molar-refractivity contribution >= 4 is 28.5 Å². The summed E-state index contributed by atoms with van der Waals surface area (Å²) in [5.41, 5.74) is 1.06. The van der Waals surface area contributed by atoms with E-state index in [0.29, 0.717) is 62.1 Å². The molecule has 0 spiro atoms. The van der Waals surface area contributed by atoms with Crippen LogP contribution in [0.25, 0.3) is 11.0 Å². The highest BCUT2D eigenvalue weighted by Crippen LogP contribution is 2.39. The number of rotatable bonds is 5. The van der Waals surface area contributed by atoms with Crippen LogP contribution in [0.1, 0.15) is 30.3 Å². The van der Waals surface area contributed by atoms with Gasteiger partial charge in [0.05, 0.1) is 19.6 Å². The van der Waals surface area contributed by atoms with Gasteiger partial charge in [-0.05, 0) is 24.0 Å². The molecule has 1 aliphatic heterocycles. The predicted octanol–water partition coefficient (Wildman–Crippen LogP) is 3.28. The van der Waals surface area contributed by atoms with Crippen LogP contribution in [0.15, 0.2) is 6.07 Å². The maximum absolute atomic E-state index is 13.0. The van der Waals surface area contributed by atoms with E-state index in [1.807, 2.05) is 6.92 Å². The lowest BCUT2D eigenvalue weighted by atomic mass is 10.2. The van der Waals surface area contributed by atoms with Crippen molar-refractivity contribution < 1.29 is 22.7 Å². The van der Waals surface area contributed by atoms with Crippen LogP contribution in [-0.4, -0.2) is 39.5 Å². The molecule has 0 unspecified atom stereocenters. The fraction of sp³-hybridized carbons (Fsp3) is 0.600. The predicted molar refractivity (Wildman–Crippen MR) is 83.8 cm³/mol. The summed E-state index contributed by atoms with van der Waals surface area (Å²) in [7, 11) is 0. The Kier molecular flexibility index (Phi) is 4.82. The van der Waals surface area contributed by atoms with Crippen molar-refractivity contribution in [3.8, 4) is 0 Å². The molecule has 2 aromatic rings. The summed E-state index contributed by atoms with van der Waals surface area (Å²) in [6.07, 6.45) is -3.21.